The number of para-hydroxylation sites is 1. The average Bonchev–Trinajstić information content (AvgIpc) is 3.39. The molecule has 0 radical (unpaired) electrons. The molecule has 0 bridgehead atoms. The van der Waals surface area contributed by atoms with E-state index in [1.54, 1.807) is 12.3 Å². The van der Waals surface area contributed by atoms with Crippen molar-refractivity contribution in [2.45, 2.75) is 25.7 Å². The number of nitrogens with zero attached hydrogens (tertiary/aromatic N) is 2. The van der Waals surface area contributed by atoms with Crippen molar-refractivity contribution in [1.82, 2.24) is 0 Å². The number of esters is 1. The van der Waals surface area contributed by atoms with Crippen LogP contribution in [0.3, 0.4) is 0 Å². The Bertz CT molecular complexity index is 1850. The molecule has 0 atom stereocenters. The number of nitro benzene ring substituents is 1. The van der Waals surface area contributed by atoms with Crippen molar-refractivity contribution in [2.75, 3.05) is 5.32 Å². The molecule has 9 heteroatoms. The zero-order valence-electron chi connectivity index (χ0n) is 22.4. The molecule has 0 unspecified atom stereocenters. The summed E-state index contributed by atoms with van der Waals surface area (Å²) in [4.78, 5) is 43.0. The number of hydrogen-bond donors (Lipinski definition) is 1. The van der Waals surface area contributed by atoms with Crippen molar-refractivity contribution < 1.29 is 19.2 Å². The van der Waals surface area contributed by atoms with Gasteiger partial charge in [-0.05, 0) is 72.4 Å². The minimum Gasteiger partial charge on any atom is -0.422 e. The van der Waals surface area contributed by atoms with Crippen molar-refractivity contribution >= 4 is 56.6 Å². The molecule has 1 aliphatic rings. The fourth-order valence-electron chi connectivity index (χ4n) is 5.09. The van der Waals surface area contributed by atoms with Crippen LogP contribution in [0.25, 0.3) is 10.8 Å². The summed E-state index contributed by atoms with van der Waals surface area (Å²) in [6, 6.07) is 25.8. The Morgan fingerprint density at radius 1 is 0.905 bits per heavy atom. The standard InChI is InChI=1S/C33H25N3O5S/c37-31(35-23-9-2-1-3-10-23)30-26-12-6-7-13-29(26)42-32(30)34-20-27-25-11-5-4-8-21(25)16-19-28(27)41-33(38)22-14-17-24(18-15-22)36(39)40/h1-5,8-11,14-20H,6-7,12-13H2,(H,35,37). The van der Waals surface area contributed by atoms with Gasteiger partial charge in [0.05, 0.1) is 16.1 Å². The van der Waals surface area contributed by atoms with Crippen molar-refractivity contribution in [3.63, 3.8) is 0 Å². The number of anilines is 1. The normalized spacial score (nSPS) is 12.7. The number of aliphatic imine (C=N–C) groups is 1. The van der Waals surface area contributed by atoms with E-state index in [9.17, 15) is 19.7 Å². The smallest absolute Gasteiger partial charge is 0.343 e. The first kappa shape index (κ1) is 27.0. The molecule has 208 valence electrons. The molecule has 0 spiro atoms. The molecule has 0 fully saturated rings. The van der Waals surface area contributed by atoms with Gasteiger partial charge in [-0.15, -0.1) is 11.3 Å². The minimum atomic E-state index is -0.649. The molecule has 1 aromatic heterocycles. The number of carbonyl (C=O) groups excluding carboxylic acids is 2. The van der Waals surface area contributed by atoms with Crippen LogP contribution in [0.1, 0.15) is 49.6 Å². The zero-order chi connectivity index (χ0) is 29.1. The minimum absolute atomic E-state index is 0.115. The fraction of sp³-hybridized carbons (Fsp3) is 0.121. The van der Waals surface area contributed by atoms with Gasteiger partial charge < -0.3 is 10.1 Å². The van der Waals surface area contributed by atoms with E-state index in [-0.39, 0.29) is 22.9 Å². The van der Waals surface area contributed by atoms with E-state index in [4.69, 9.17) is 9.73 Å². The number of hydrogen-bond acceptors (Lipinski definition) is 7. The maximum Gasteiger partial charge on any atom is 0.343 e. The van der Waals surface area contributed by atoms with Gasteiger partial charge in [0.25, 0.3) is 11.6 Å². The van der Waals surface area contributed by atoms with E-state index in [0.29, 0.717) is 21.8 Å². The number of thiophene rings is 1. The number of carbonyl (C=O) groups is 2. The van der Waals surface area contributed by atoms with E-state index in [0.717, 1.165) is 42.0 Å². The molecule has 5 aromatic rings. The summed E-state index contributed by atoms with van der Waals surface area (Å²) in [6.45, 7) is 0. The molecular weight excluding hydrogens is 550 g/mol. The summed E-state index contributed by atoms with van der Waals surface area (Å²) < 4.78 is 5.79. The van der Waals surface area contributed by atoms with Gasteiger partial charge >= 0.3 is 5.97 Å². The van der Waals surface area contributed by atoms with Crippen LogP contribution in [-0.4, -0.2) is 23.0 Å². The molecule has 1 heterocycles. The van der Waals surface area contributed by atoms with Gasteiger partial charge in [0.15, 0.2) is 0 Å². The van der Waals surface area contributed by atoms with E-state index >= 15 is 0 Å². The number of nitro groups is 1. The number of benzene rings is 4. The summed E-state index contributed by atoms with van der Waals surface area (Å²) in [6.07, 6.45) is 5.48. The summed E-state index contributed by atoms with van der Waals surface area (Å²) in [5.41, 5.74) is 3.00. The SMILES string of the molecule is O=C(Oc1ccc2ccccc2c1C=Nc1sc2c(c1C(=O)Nc1ccccc1)CCCC2)c1ccc([N+](=O)[O-])cc1. The maximum atomic E-state index is 13.5. The molecule has 0 saturated heterocycles. The third-order valence-electron chi connectivity index (χ3n) is 7.17. The van der Waals surface area contributed by atoms with Gasteiger partial charge in [-0.3, -0.25) is 14.9 Å². The predicted molar refractivity (Wildman–Crippen MR) is 165 cm³/mol. The van der Waals surface area contributed by atoms with Crippen LogP contribution in [0.15, 0.2) is 96.0 Å². The molecule has 42 heavy (non-hydrogen) atoms. The highest BCUT2D eigenvalue weighted by Crippen LogP contribution is 2.40. The number of aryl methyl sites for hydroxylation is 1. The predicted octanol–water partition coefficient (Wildman–Crippen LogP) is 7.91. The maximum absolute atomic E-state index is 13.5. The van der Waals surface area contributed by atoms with Gasteiger partial charge in [0.1, 0.15) is 10.8 Å². The van der Waals surface area contributed by atoms with E-state index in [1.807, 2.05) is 60.7 Å². The highest BCUT2D eigenvalue weighted by molar-refractivity contribution is 7.16. The van der Waals surface area contributed by atoms with Crippen LogP contribution in [0.4, 0.5) is 16.4 Å². The van der Waals surface area contributed by atoms with E-state index in [1.165, 1.54) is 40.5 Å². The van der Waals surface area contributed by atoms with Gasteiger partial charge in [-0.25, -0.2) is 9.79 Å². The zero-order valence-corrected chi connectivity index (χ0v) is 23.2. The topological polar surface area (TPSA) is 111 Å². The lowest BCUT2D eigenvalue weighted by Crippen LogP contribution is -2.14. The number of non-ortho nitro benzene ring substituents is 1. The highest BCUT2D eigenvalue weighted by atomic mass is 32.1. The Hall–Kier alpha value is -5.15. The first-order valence-electron chi connectivity index (χ1n) is 13.5. The van der Waals surface area contributed by atoms with Crippen molar-refractivity contribution in [3.8, 4) is 5.75 Å². The lowest BCUT2D eigenvalue weighted by Gasteiger charge is -2.13. The molecule has 0 aliphatic heterocycles. The summed E-state index contributed by atoms with van der Waals surface area (Å²) in [7, 11) is 0. The van der Waals surface area contributed by atoms with Crippen molar-refractivity contribution in [2.24, 2.45) is 4.99 Å². The Labute approximate surface area is 245 Å². The van der Waals surface area contributed by atoms with Gasteiger partial charge in [0.2, 0.25) is 0 Å². The second-order valence-electron chi connectivity index (χ2n) is 9.86. The molecule has 1 amide bonds. The Morgan fingerprint density at radius 2 is 1.64 bits per heavy atom. The lowest BCUT2D eigenvalue weighted by molar-refractivity contribution is -0.384. The molecule has 8 nitrogen and oxygen atoms in total. The number of fused-ring (bicyclic) bond motifs is 2. The van der Waals surface area contributed by atoms with Gasteiger partial charge in [-0.2, -0.15) is 0 Å². The second-order valence-corrected chi connectivity index (χ2v) is 10.9. The number of nitrogens with one attached hydrogen (secondary N) is 1. The summed E-state index contributed by atoms with van der Waals surface area (Å²) >= 11 is 1.52. The lowest BCUT2D eigenvalue weighted by atomic mass is 9.95. The second kappa shape index (κ2) is 11.8. The highest BCUT2D eigenvalue weighted by Gasteiger charge is 2.25. The fourth-order valence-corrected chi connectivity index (χ4v) is 6.32. The Balaban J connectivity index is 1.38. The van der Waals surface area contributed by atoms with E-state index < -0.39 is 10.9 Å². The molecule has 0 saturated carbocycles. The van der Waals surface area contributed by atoms with Gasteiger partial charge in [0, 0.05) is 34.5 Å². The van der Waals surface area contributed by atoms with Crippen molar-refractivity contribution in [1.29, 1.82) is 0 Å². The van der Waals surface area contributed by atoms with Crippen LogP contribution in [0.5, 0.6) is 5.75 Å². The van der Waals surface area contributed by atoms with Crippen LogP contribution in [0, 0.1) is 10.1 Å². The first-order valence-corrected chi connectivity index (χ1v) is 14.3. The van der Waals surface area contributed by atoms with Crippen molar-refractivity contribution in [3.05, 3.63) is 128 Å². The molecule has 1 aliphatic carbocycles. The number of rotatable bonds is 7. The quantitative estimate of drug-likeness (QED) is 0.0697. The number of amides is 1. The third kappa shape index (κ3) is 5.55. The number of ether oxygens (including phenoxy) is 1. The molecule has 1 N–H and O–H groups in total. The first-order chi connectivity index (χ1) is 20.5. The van der Waals surface area contributed by atoms with Crippen LogP contribution < -0.4 is 10.1 Å². The molecule has 4 aromatic carbocycles. The van der Waals surface area contributed by atoms with Gasteiger partial charge in [-0.1, -0.05) is 48.5 Å². The molecule has 6 rings (SSSR count). The van der Waals surface area contributed by atoms with Crippen LogP contribution in [0.2, 0.25) is 0 Å². The van der Waals surface area contributed by atoms with Crippen LogP contribution >= 0.6 is 11.3 Å². The van der Waals surface area contributed by atoms with E-state index in [2.05, 4.69) is 5.32 Å². The third-order valence-corrected chi connectivity index (χ3v) is 8.37. The Kier molecular flexibility index (Phi) is 7.57. The molecular formula is C33H25N3O5S. The monoisotopic (exact) mass is 575 g/mol. The largest absolute Gasteiger partial charge is 0.422 e. The Morgan fingerprint density at radius 3 is 2.43 bits per heavy atom. The summed E-state index contributed by atoms with van der Waals surface area (Å²) in [5, 5.41) is 16.4. The summed E-state index contributed by atoms with van der Waals surface area (Å²) in [5.74, 6) is -0.558. The average molecular weight is 576 g/mol. The van der Waals surface area contributed by atoms with Crippen LogP contribution in [-0.2, 0) is 12.8 Å².